The van der Waals surface area contributed by atoms with Crippen molar-refractivity contribution in [2.24, 2.45) is 5.92 Å². The Morgan fingerprint density at radius 1 is 1.50 bits per heavy atom. The molecular formula is C14H19ClN2O. The first kappa shape index (κ1) is 13.2. The molecule has 1 N–H and O–H groups in total. The molecule has 98 valence electrons. The summed E-state index contributed by atoms with van der Waals surface area (Å²) in [4.78, 5) is 14.0. The number of nitrogens with one attached hydrogen (secondary N) is 1. The summed E-state index contributed by atoms with van der Waals surface area (Å²) < 4.78 is 0. The van der Waals surface area contributed by atoms with Crippen LogP contribution in [0.1, 0.15) is 25.3 Å². The predicted molar refractivity (Wildman–Crippen MR) is 75.2 cm³/mol. The van der Waals surface area contributed by atoms with Crippen LogP contribution in [0.4, 0.5) is 10.5 Å². The predicted octanol–water partition coefficient (Wildman–Crippen LogP) is 3.91. The molecule has 1 atom stereocenters. The van der Waals surface area contributed by atoms with E-state index in [-0.39, 0.29) is 6.03 Å². The number of aryl methyl sites for hydroxylation is 1. The Kier molecular flexibility index (Phi) is 4.12. The first-order chi connectivity index (χ1) is 8.56. The van der Waals surface area contributed by atoms with E-state index in [9.17, 15) is 4.79 Å². The van der Waals surface area contributed by atoms with Gasteiger partial charge in [0.05, 0.1) is 0 Å². The Bertz CT molecular complexity index is 447. The maximum Gasteiger partial charge on any atom is 0.321 e. The summed E-state index contributed by atoms with van der Waals surface area (Å²) in [5.41, 5.74) is 1.77. The summed E-state index contributed by atoms with van der Waals surface area (Å²) in [5.74, 6) is 0.589. The molecule has 2 rings (SSSR count). The number of amides is 2. The topological polar surface area (TPSA) is 32.3 Å². The van der Waals surface area contributed by atoms with Crippen molar-refractivity contribution in [3.8, 4) is 0 Å². The van der Waals surface area contributed by atoms with Gasteiger partial charge in [-0.3, -0.25) is 0 Å². The fourth-order valence-corrected chi connectivity index (χ4v) is 2.43. The lowest BCUT2D eigenvalue weighted by molar-refractivity contribution is 0.182. The Hall–Kier alpha value is -1.22. The number of carbonyl (C=O) groups is 1. The Morgan fingerprint density at radius 2 is 2.28 bits per heavy atom. The van der Waals surface area contributed by atoms with Crippen LogP contribution >= 0.6 is 11.6 Å². The molecular weight excluding hydrogens is 248 g/mol. The van der Waals surface area contributed by atoms with Gasteiger partial charge >= 0.3 is 6.03 Å². The highest BCUT2D eigenvalue weighted by Crippen LogP contribution is 2.21. The number of urea groups is 1. The van der Waals surface area contributed by atoms with Crippen molar-refractivity contribution in [3.05, 3.63) is 28.8 Å². The second-order valence-electron chi connectivity index (χ2n) is 5.09. The number of likely N-dealkylation sites (tertiary alicyclic amines) is 1. The molecule has 0 aliphatic carbocycles. The molecule has 0 saturated carbocycles. The van der Waals surface area contributed by atoms with E-state index in [0.29, 0.717) is 10.9 Å². The number of hydrogen-bond donors (Lipinski definition) is 1. The number of rotatable bonds is 1. The molecule has 18 heavy (non-hydrogen) atoms. The third-order valence-electron chi connectivity index (χ3n) is 3.37. The van der Waals surface area contributed by atoms with Gasteiger partial charge in [-0.05, 0) is 43.4 Å². The Morgan fingerprint density at radius 3 is 2.94 bits per heavy atom. The molecule has 1 aliphatic heterocycles. The van der Waals surface area contributed by atoms with Crippen molar-refractivity contribution in [2.45, 2.75) is 26.7 Å². The van der Waals surface area contributed by atoms with E-state index < -0.39 is 0 Å². The third kappa shape index (κ3) is 3.16. The quantitative estimate of drug-likeness (QED) is 0.821. The van der Waals surface area contributed by atoms with Gasteiger partial charge in [0, 0.05) is 23.8 Å². The summed E-state index contributed by atoms with van der Waals surface area (Å²) in [6, 6.07) is 5.56. The van der Waals surface area contributed by atoms with Gasteiger partial charge in [-0.25, -0.2) is 4.79 Å². The van der Waals surface area contributed by atoms with Crippen molar-refractivity contribution in [1.82, 2.24) is 4.90 Å². The van der Waals surface area contributed by atoms with Crippen LogP contribution in [0.15, 0.2) is 18.2 Å². The van der Waals surface area contributed by atoms with Crippen molar-refractivity contribution >= 4 is 23.3 Å². The van der Waals surface area contributed by atoms with Gasteiger partial charge in [0.25, 0.3) is 0 Å². The molecule has 1 fully saturated rings. The molecule has 1 aromatic carbocycles. The second kappa shape index (κ2) is 5.61. The van der Waals surface area contributed by atoms with Crippen LogP contribution in [0.2, 0.25) is 5.02 Å². The van der Waals surface area contributed by atoms with Gasteiger partial charge in [0.1, 0.15) is 0 Å². The summed E-state index contributed by atoms with van der Waals surface area (Å²) in [7, 11) is 0. The highest BCUT2D eigenvalue weighted by Gasteiger charge is 2.20. The molecule has 4 heteroatoms. The smallest absolute Gasteiger partial charge is 0.321 e. The van der Waals surface area contributed by atoms with Crippen LogP contribution in [0.25, 0.3) is 0 Å². The number of benzene rings is 1. The van der Waals surface area contributed by atoms with E-state index >= 15 is 0 Å². The lowest BCUT2D eigenvalue weighted by Crippen LogP contribution is -2.41. The van der Waals surface area contributed by atoms with Crippen molar-refractivity contribution < 1.29 is 4.79 Å². The zero-order valence-electron chi connectivity index (χ0n) is 10.9. The fourth-order valence-electron chi connectivity index (χ4n) is 2.25. The zero-order chi connectivity index (χ0) is 13.1. The minimum atomic E-state index is -0.0264. The van der Waals surface area contributed by atoms with Crippen molar-refractivity contribution in [1.29, 1.82) is 0 Å². The lowest BCUT2D eigenvalue weighted by Gasteiger charge is -2.30. The zero-order valence-corrected chi connectivity index (χ0v) is 11.6. The van der Waals surface area contributed by atoms with Crippen LogP contribution in [0, 0.1) is 12.8 Å². The van der Waals surface area contributed by atoms with E-state index in [4.69, 9.17) is 11.6 Å². The molecule has 1 heterocycles. The standard InChI is InChI=1S/C14H19ClN2O/c1-10-4-3-7-17(9-10)14(18)16-12-6-5-11(2)13(15)8-12/h5-6,8,10H,3-4,7,9H2,1-2H3,(H,16,18). The molecule has 3 nitrogen and oxygen atoms in total. The maximum atomic E-state index is 12.1. The van der Waals surface area contributed by atoms with Crippen LogP contribution in [-0.4, -0.2) is 24.0 Å². The molecule has 0 spiro atoms. The molecule has 1 aromatic rings. The van der Waals surface area contributed by atoms with Gasteiger partial charge in [0.2, 0.25) is 0 Å². The van der Waals surface area contributed by atoms with Gasteiger partial charge in [-0.1, -0.05) is 24.6 Å². The van der Waals surface area contributed by atoms with Gasteiger partial charge in [-0.2, -0.15) is 0 Å². The Labute approximate surface area is 113 Å². The molecule has 1 saturated heterocycles. The monoisotopic (exact) mass is 266 g/mol. The molecule has 0 aromatic heterocycles. The van der Waals surface area contributed by atoms with E-state index in [0.717, 1.165) is 30.8 Å². The number of piperidine rings is 1. The van der Waals surface area contributed by atoms with Gasteiger partial charge < -0.3 is 10.2 Å². The first-order valence-corrected chi connectivity index (χ1v) is 6.76. The highest BCUT2D eigenvalue weighted by atomic mass is 35.5. The number of halogens is 1. The average Bonchev–Trinajstić information content (AvgIpc) is 2.34. The average molecular weight is 267 g/mol. The fraction of sp³-hybridized carbons (Fsp3) is 0.500. The van der Waals surface area contributed by atoms with Crippen LogP contribution < -0.4 is 5.32 Å². The van der Waals surface area contributed by atoms with E-state index in [2.05, 4.69) is 12.2 Å². The molecule has 2 amide bonds. The largest absolute Gasteiger partial charge is 0.324 e. The highest BCUT2D eigenvalue weighted by molar-refractivity contribution is 6.31. The number of nitrogens with zero attached hydrogens (tertiary/aromatic N) is 1. The van der Waals surface area contributed by atoms with E-state index in [1.165, 1.54) is 6.42 Å². The molecule has 0 bridgehead atoms. The van der Waals surface area contributed by atoms with Gasteiger partial charge in [-0.15, -0.1) is 0 Å². The van der Waals surface area contributed by atoms with Crippen LogP contribution in [0.3, 0.4) is 0 Å². The lowest BCUT2D eigenvalue weighted by atomic mass is 10.0. The minimum Gasteiger partial charge on any atom is -0.324 e. The van der Waals surface area contributed by atoms with Crippen molar-refractivity contribution in [3.63, 3.8) is 0 Å². The van der Waals surface area contributed by atoms with Crippen LogP contribution in [-0.2, 0) is 0 Å². The second-order valence-corrected chi connectivity index (χ2v) is 5.49. The summed E-state index contributed by atoms with van der Waals surface area (Å²) in [5, 5.41) is 3.58. The molecule has 1 unspecified atom stereocenters. The number of carbonyl (C=O) groups excluding carboxylic acids is 1. The summed E-state index contributed by atoms with van der Waals surface area (Å²) in [6.07, 6.45) is 2.30. The van der Waals surface area contributed by atoms with Crippen molar-refractivity contribution in [2.75, 3.05) is 18.4 Å². The summed E-state index contributed by atoms with van der Waals surface area (Å²) in [6.45, 7) is 5.81. The maximum absolute atomic E-state index is 12.1. The minimum absolute atomic E-state index is 0.0264. The van der Waals surface area contributed by atoms with E-state index in [1.54, 1.807) is 6.07 Å². The Balaban J connectivity index is 2.00. The molecule has 1 aliphatic rings. The molecule has 0 radical (unpaired) electrons. The van der Waals surface area contributed by atoms with Crippen LogP contribution in [0.5, 0.6) is 0 Å². The first-order valence-electron chi connectivity index (χ1n) is 6.38. The SMILES string of the molecule is Cc1ccc(NC(=O)N2CCCC(C)C2)cc1Cl. The third-order valence-corrected chi connectivity index (χ3v) is 3.77. The number of hydrogen-bond acceptors (Lipinski definition) is 1. The van der Waals surface area contributed by atoms with Gasteiger partial charge in [0.15, 0.2) is 0 Å². The number of anilines is 1. The van der Waals surface area contributed by atoms with E-state index in [1.807, 2.05) is 24.0 Å². The normalized spacial score (nSPS) is 19.7. The summed E-state index contributed by atoms with van der Waals surface area (Å²) >= 11 is 6.04.